The number of hydrogen-bond acceptors (Lipinski definition) is 13. The second-order valence-electron chi connectivity index (χ2n) is 26.8. The van der Waals surface area contributed by atoms with Crippen molar-refractivity contribution in [3.05, 3.63) is 172 Å². The van der Waals surface area contributed by atoms with E-state index >= 15 is 0 Å². The number of ketones is 2. The van der Waals surface area contributed by atoms with Crippen LogP contribution in [0.1, 0.15) is 153 Å². The van der Waals surface area contributed by atoms with Crippen molar-refractivity contribution in [1.82, 2.24) is 15.1 Å². The number of nitrogens with one attached hydrogen (secondary N) is 1. The van der Waals surface area contributed by atoms with Crippen LogP contribution < -0.4 is 15.0 Å². The Morgan fingerprint density at radius 3 is 1.99 bits per heavy atom. The molecule has 6 N–H and O–H groups in total. The van der Waals surface area contributed by atoms with Crippen LogP contribution >= 0.6 is 0 Å². The Morgan fingerprint density at radius 1 is 0.653 bits per heavy atom. The van der Waals surface area contributed by atoms with E-state index in [2.05, 4.69) is 78.9 Å². The van der Waals surface area contributed by atoms with Gasteiger partial charge in [-0.05, 0) is 149 Å². The van der Waals surface area contributed by atoms with Crippen LogP contribution in [0.3, 0.4) is 0 Å². The van der Waals surface area contributed by atoms with E-state index in [1.165, 1.54) is 9.80 Å². The summed E-state index contributed by atoms with van der Waals surface area (Å²) >= 11 is 0. The second-order valence-corrected chi connectivity index (χ2v) is 30.0. The van der Waals surface area contributed by atoms with Gasteiger partial charge < -0.3 is 40.1 Å². The summed E-state index contributed by atoms with van der Waals surface area (Å²) in [5.74, 6) is -5.45. The third-order valence-electron chi connectivity index (χ3n) is 18.9. The zero-order valence-corrected chi connectivity index (χ0v) is 57.9. The number of anilines is 1. The van der Waals surface area contributed by atoms with Crippen molar-refractivity contribution in [1.29, 1.82) is 0 Å². The maximum absolute atomic E-state index is 14.3. The maximum Gasteiger partial charge on any atom is 0.326 e. The molecule has 0 unspecified atom stereocenters. The van der Waals surface area contributed by atoms with Gasteiger partial charge in [-0.1, -0.05) is 98.8 Å². The molecule has 4 aromatic carbocycles. The summed E-state index contributed by atoms with van der Waals surface area (Å²) in [5.41, 5.74) is 8.45. The number of carbonyl (C=O) groups excluding carboxylic acids is 4. The standard InChI is InChI=1S/C74H91N5O17S2/c1-73(2)58-25-9-11-27-61(58)77(42-14-16-46-97(90,91)92)65(73)39-33-53-22-18-23-54(34-40-66-74(3,4)59-26-10-12-28-62(59)78(66)43-15-17-47-98(93,94)95)69(53)96-57-36-31-52(32-37-57)48-55(70(85)86)50-64(81)60(49-51-20-6-5-7-21-51)75-67(82)29-13-8-24-56(80)35-38-63(71(87)88)79-45-44-76(72(79)89)41-19-30-68(83)84/h5-7,9-12,20-21,25-28,31-34,36-37,39-40,55,60,63H,8,13-19,22-24,29-30,35,38,41-50H2,1-4H3,(H5-,75,82,83,84,85,86,87,88,90,91,92,93,94,95)/p+1/t55-,60+,63+/m1/s1. The number of rotatable bonds is 38. The normalized spacial score (nSPS) is 17.7. The average molecular weight is 1390 g/mol. The third kappa shape index (κ3) is 20.5. The Morgan fingerprint density at radius 2 is 1.31 bits per heavy atom. The number of nitrogens with zero attached hydrogens (tertiary/aromatic N) is 4. The number of fused-ring (bicyclic) bond motifs is 2. The molecular formula is C74H92N5O17S2+. The Bertz CT molecular complexity index is 3990. The summed E-state index contributed by atoms with van der Waals surface area (Å²) in [6.07, 6.45) is 12.1. The molecule has 98 heavy (non-hydrogen) atoms. The number of carboxylic acids is 3. The first-order chi connectivity index (χ1) is 46.5. The fourth-order valence-corrected chi connectivity index (χ4v) is 14.8. The smallest absolute Gasteiger partial charge is 0.326 e. The molecule has 0 radical (unpaired) electrons. The second kappa shape index (κ2) is 33.8. The topological polar surface area (TPSA) is 323 Å². The summed E-state index contributed by atoms with van der Waals surface area (Å²) in [5, 5.41) is 32.4. The minimum atomic E-state index is -4.14. The lowest BCUT2D eigenvalue weighted by Crippen LogP contribution is -2.44. The summed E-state index contributed by atoms with van der Waals surface area (Å²) in [6.45, 7) is 10.1. The number of urea groups is 1. The molecule has 3 atom stereocenters. The summed E-state index contributed by atoms with van der Waals surface area (Å²) in [6, 6.07) is 29.4. The number of unbranched alkanes of at least 4 members (excludes halogenated alkanes) is 3. The fourth-order valence-electron chi connectivity index (χ4n) is 13.6. The van der Waals surface area contributed by atoms with Crippen LogP contribution in [-0.2, 0) is 72.7 Å². The monoisotopic (exact) mass is 1390 g/mol. The molecule has 0 spiro atoms. The number of ether oxygens (including phenoxy) is 1. The summed E-state index contributed by atoms with van der Waals surface area (Å²) in [7, 11) is -8.28. The first-order valence-corrected chi connectivity index (χ1v) is 36.9. The molecule has 4 aromatic rings. The average Bonchev–Trinajstić information content (AvgIpc) is 1.60. The van der Waals surface area contributed by atoms with Gasteiger partial charge in [0.25, 0.3) is 20.2 Å². The first-order valence-electron chi connectivity index (χ1n) is 33.7. The van der Waals surface area contributed by atoms with Crippen LogP contribution in [0.25, 0.3) is 0 Å². The van der Waals surface area contributed by atoms with Gasteiger partial charge >= 0.3 is 23.9 Å². The van der Waals surface area contributed by atoms with Gasteiger partial charge in [-0.25, -0.2) is 9.59 Å². The highest BCUT2D eigenvalue weighted by Gasteiger charge is 2.45. The van der Waals surface area contributed by atoms with Crippen molar-refractivity contribution in [3.63, 3.8) is 0 Å². The first kappa shape index (κ1) is 75.2. The lowest BCUT2D eigenvalue weighted by molar-refractivity contribution is -0.438. The maximum atomic E-state index is 14.3. The van der Waals surface area contributed by atoms with Gasteiger partial charge in [0.2, 0.25) is 11.6 Å². The molecule has 3 heterocycles. The molecule has 24 heteroatoms. The molecule has 4 aliphatic rings. The van der Waals surface area contributed by atoms with Crippen molar-refractivity contribution >= 4 is 78.7 Å². The van der Waals surface area contributed by atoms with Gasteiger partial charge in [-0.2, -0.15) is 21.4 Å². The van der Waals surface area contributed by atoms with Gasteiger partial charge in [0.1, 0.15) is 29.9 Å². The minimum absolute atomic E-state index is 0.0288. The van der Waals surface area contributed by atoms with Gasteiger partial charge in [-0.15, -0.1) is 0 Å². The molecule has 526 valence electrons. The van der Waals surface area contributed by atoms with Crippen LogP contribution in [0.15, 0.2) is 150 Å². The molecule has 1 saturated heterocycles. The number of benzene rings is 4. The number of aliphatic carboxylic acids is 3. The number of carbonyl (C=O) groups is 7. The number of amides is 3. The lowest BCUT2D eigenvalue weighted by Gasteiger charge is -2.27. The molecule has 3 aliphatic heterocycles. The number of para-hydroxylation sites is 2. The minimum Gasteiger partial charge on any atom is -0.481 e. The zero-order chi connectivity index (χ0) is 71.0. The van der Waals surface area contributed by atoms with E-state index in [1.807, 2.05) is 42.5 Å². The van der Waals surface area contributed by atoms with Crippen LogP contribution in [-0.4, -0.2) is 159 Å². The molecule has 0 saturated carbocycles. The third-order valence-corrected chi connectivity index (χ3v) is 20.5. The highest BCUT2D eigenvalue weighted by Crippen LogP contribution is 2.48. The van der Waals surface area contributed by atoms with Crippen molar-refractivity contribution in [2.45, 2.75) is 166 Å². The van der Waals surface area contributed by atoms with E-state index in [-0.39, 0.29) is 108 Å². The van der Waals surface area contributed by atoms with E-state index in [0.717, 1.165) is 57.0 Å². The summed E-state index contributed by atoms with van der Waals surface area (Å²) < 4.78 is 75.0. The van der Waals surface area contributed by atoms with Gasteiger partial charge in [0, 0.05) is 99.2 Å². The number of carboxylic acid groups (broad SMARTS) is 3. The van der Waals surface area contributed by atoms with Crippen molar-refractivity contribution in [3.8, 4) is 5.75 Å². The van der Waals surface area contributed by atoms with Crippen molar-refractivity contribution in [2.24, 2.45) is 5.92 Å². The molecule has 22 nitrogen and oxygen atoms in total. The van der Waals surface area contributed by atoms with E-state index < -0.39 is 91.1 Å². The summed E-state index contributed by atoms with van der Waals surface area (Å²) in [4.78, 5) is 94.8. The highest BCUT2D eigenvalue weighted by molar-refractivity contribution is 7.86. The molecule has 0 aromatic heterocycles. The molecule has 3 amide bonds. The molecular weight excluding hydrogens is 1290 g/mol. The Kier molecular flexibility index (Phi) is 25.9. The Labute approximate surface area is 574 Å². The van der Waals surface area contributed by atoms with Crippen molar-refractivity contribution in [2.75, 3.05) is 49.1 Å². The van der Waals surface area contributed by atoms with E-state index in [9.17, 15) is 69.7 Å². The molecule has 0 bridgehead atoms. The van der Waals surface area contributed by atoms with Crippen molar-refractivity contribution < 1.29 is 84.1 Å². The Balaban J connectivity index is 0.984. The molecule has 1 aliphatic carbocycles. The SMILES string of the molecule is CC1(C)C(=CC=C2CCCC(C=CC3=[N+](CCCCS(=O)(=O)O)c4ccccc4C3(C)C)=C2Oc2ccc(C[C@H](CC(=O)[C@H](Cc3ccccc3)NC(=O)CCCCC(=O)CC[C@@H](C(=O)O)N3CCN(CCCC(=O)O)C3=O)C(=O)O)cc2)N(CCCCS(=O)(=O)O)c2ccccc21. The van der Waals surface area contributed by atoms with E-state index in [4.69, 9.17) is 9.84 Å². The number of Topliss-reactive ketones (excluding diaryl/α,β-unsaturated/α-hetero) is 2. The fraction of sp³-hybridized carbons (Fsp3) is 0.459. The molecule has 8 rings (SSSR count). The van der Waals surface area contributed by atoms with Gasteiger partial charge in [0.05, 0.1) is 28.9 Å². The lowest BCUT2D eigenvalue weighted by atomic mass is 9.81. The van der Waals surface area contributed by atoms with Crippen LogP contribution in [0.5, 0.6) is 5.75 Å². The van der Waals surface area contributed by atoms with Gasteiger partial charge in [0.15, 0.2) is 11.5 Å². The van der Waals surface area contributed by atoms with Crippen LogP contribution in [0.2, 0.25) is 0 Å². The molecule has 1 fully saturated rings. The number of allylic oxidation sites excluding steroid dienone is 7. The van der Waals surface area contributed by atoms with E-state index in [0.29, 0.717) is 62.3 Å². The van der Waals surface area contributed by atoms with Crippen LogP contribution in [0.4, 0.5) is 16.2 Å². The number of hydrogen-bond donors (Lipinski definition) is 6. The van der Waals surface area contributed by atoms with Crippen LogP contribution in [0, 0.1) is 5.92 Å². The predicted octanol–water partition coefficient (Wildman–Crippen LogP) is 11.0. The predicted molar refractivity (Wildman–Crippen MR) is 372 cm³/mol. The quantitative estimate of drug-likeness (QED) is 0.0138. The van der Waals surface area contributed by atoms with Gasteiger partial charge in [-0.3, -0.25) is 33.1 Å². The largest absolute Gasteiger partial charge is 0.481 e. The zero-order valence-electron chi connectivity index (χ0n) is 56.3. The van der Waals surface area contributed by atoms with E-state index in [1.54, 1.807) is 48.5 Å². The highest BCUT2D eigenvalue weighted by atomic mass is 32.2. The Hall–Kier alpha value is -8.58.